The first-order valence-electron chi connectivity index (χ1n) is 5.18. The zero-order chi connectivity index (χ0) is 13.0. The van der Waals surface area contributed by atoms with Gasteiger partial charge in [-0.1, -0.05) is 6.92 Å². The van der Waals surface area contributed by atoms with Crippen LogP contribution in [0.2, 0.25) is 0 Å². The smallest absolute Gasteiger partial charge is 0.326 e. The Hall–Kier alpha value is -2.11. The number of aromatic nitrogens is 1. The van der Waals surface area contributed by atoms with E-state index in [0.29, 0.717) is 12.0 Å². The number of hydrogen-bond acceptors (Lipinski definition) is 3. The van der Waals surface area contributed by atoms with E-state index >= 15 is 0 Å². The number of carbonyl (C=O) groups excluding carboxylic acids is 2. The molecule has 6 nitrogen and oxygen atoms in total. The first-order valence-corrected chi connectivity index (χ1v) is 5.18. The number of carbonyl (C=O) groups is 3. The lowest BCUT2D eigenvalue weighted by Gasteiger charge is -2.10. The van der Waals surface area contributed by atoms with E-state index in [1.165, 1.54) is 19.2 Å². The molecule has 0 spiro atoms. The van der Waals surface area contributed by atoms with Gasteiger partial charge in [0.2, 0.25) is 0 Å². The van der Waals surface area contributed by atoms with Crippen molar-refractivity contribution in [3.05, 3.63) is 23.5 Å². The monoisotopic (exact) mass is 238 g/mol. The second-order valence-electron chi connectivity index (χ2n) is 3.63. The minimum absolute atomic E-state index is 0.162. The number of hydrogen-bond donors (Lipinski definition) is 3. The SMILES string of the molecule is CC[C@@H](NC(=O)c1cc(C(C)=O)c[nH]1)C(=O)O. The number of aliphatic carboxylic acids is 1. The van der Waals surface area contributed by atoms with Crippen LogP contribution < -0.4 is 5.32 Å². The maximum atomic E-state index is 11.6. The van der Waals surface area contributed by atoms with E-state index in [9.17, 15) is 14.4 Å². The molecule has 0 aromatic carbocycles. The molecule has 0 saturated carbocycles. The minimum Gasteiger partial charge on any atom is -0.480 e. The van der Waals surface area contributed by atoms with Crippen LogP contribution in [0.3, 0.4) is 0 Å². The molecule has 1 aromatic rings. The van der Waals surface area contributed by atoms with Crippen LogP contribution >= 0.6 is 0 Å². The van der Waals surface area contributed by atoms with Gasteiger partial charge >= 0.3 is 5.97 Å². The highest BCUT2D eigenvalue weighted by molar-refractivity contribution is 6.00. The van der Waals surface area contributed by atoms with Gasteiger partial charge in [0.05, 0.1) is 0 Å². The van der Waals surface area contributed by atoms with Crippen molar-refractivity contribution in [1.29, 1.82) is 0 Å². The first kappa shape index (κ1) is 13.0. The quantitative estimate of drug-likeness (QED) is 0.661. The molecule has 0 aliphatic rings. The molecule has 17 heavy (non-hydrogen) atoms. The summed E-state index contributed by atoms with van der Waals surface area (Å²) in [7, 11) is 0. The van der Waals surface area contributed by atoms with Gasteiger partial charge in [-0.3, -0.25) is 9.59 Å². The van der Waals surface area contributed by atoms with Crippen molar-refractivity contribution in [3.8, 4) is 0 Å². The van der Waals surface area contributed by atoms with Crippen LogP contribution in [-0.4, -0.2) is 33.8 Å². The summed E-state index contributed by atoms with van der Waals surface area (Å²) in [5.74, 6) is -1.78. The third-order valence-electron chi connectivity index (χ3n) is 2.35. The summed E-state index contributed by atoms with van der Waals surface area (Å²) in [6.45, 7) is 3.05. The summed E-state index contributed by atoms with van der Waals surface area (Å²) >= 11 is 0. The van der Waals surface area contributed by atoms with Crippen LogP contribution in [0.1, 0.15) is 41.1 Å². The molecule has 0 saturated heterocycles. The van der Waals surface area contributed by atoms with E-state index in [1.54, 1.807) is 6.92 Å². The van der Waals surface area contributed by atoms with E-state index in [2.05, 4.69) is 10.3 Å². The van der Waals surface area contributed by atoms with Gasteiger partial charge in [-0.15, -0.1) is 0 Å². The second-order valence-corrected chi connectivity index (χ2v) is 3.63. The fourth-order valence-corrected chi connectivity index (χ4v) is 1.30. The largest absolute Gasteiger partial charge is 0.480 e. The van der Waals surface area contributed by atoms with Crippen LogP contribution in [0.4, 0.5) is 0 Å². The lowest BCUT2D eigenvalue weighted by molar-refractivity contribution is -0.139. The molecule has 0 aliphatic carbocycles. The van der Waals surface area contributed by atoms with Gasteiger partial charge in [0.1, 0.15) is 11.7 Å². The predicted molar refractivity (Wildman–Crippen MR) is 60.0 cm³/mol. The number of nitrogens with one attached hydrogen (secondary N) is 2. The molecule has 1 amide bonds. The van der Waals surface area contributed by atoms with E-state index in [-0.39, 0.29) is 11.5 Å². The average molecular weight is 238 g/mol. The highest BCUT2D eigenvalue weighted by Crippen LogP contribution is 2.05. The molecule has 6 heteroatoms. The van der Waals surface area contributed by atoms with Crippen LogP contribution in [0.5, 0.6) is 0 Å². The topological polar surface area (TPSA) is 99.3 Å². The molecule has 0 fully saturated rings. The first-order chi connectivity index (χ1) is 7.95. The van der Waals surface area contributed by atoms with E-state index in [1.807, 2.05) is 0 Å². The third kappa shape index (κ3) is 3.17. The maximum Gasteiger partial charge on any atom is 0.326 e. The molecular formula is C11H14N2O4. The van der Waals surface area contributed by atoms with Crippen LogP contribution in [-0.2, 0) is 4.79 Å². The van der Waals surface area contributed by atoms with Crippen molar-refractivity contribution >= 4 is 17.7 Å². The number of carboxylic acids is 1. The number of amides is 1. The fraction of sp³-hybridized carbons (Fsp3) is 0.364. The molecular weight excluding hydrogens is 224 g/mol. The highest BCUT2D eigenvalue weighted by atomic mass is 16.4. The van der Waals surface area contributed by atoms with Crippen molar-refractivity contribution in [2.75, 3.05) is 0 Å². The van der Waals surface area contributed by atoms with Gasteiger partial charge in [0, 0.05) is 11.8 Å². The molecule has 1 atom stereocenters. The normalized spacial score (nSPS) is 11.9. The van der Waals surface area contributed by atoms with Crippen LogP contribution in [0, 0.1) is 0 Å². The second kappa shape index (κ2) is 5.29. The summed E-state index contributed by atoms with van der Waals surface area (Å²) in [6, 6.07) is 0.471. The molecule has 1 aromatic heterocycles. The fourth-order valence-electron chi connectivity index (χ4n) is 1.30. The van der Waals surface area contributed by atoms with Gasteiger partial charge in [-0.25, -0.2) is 4.79 Å². The molecule has 92 valence electrons. The maximum absolute atomic E-state index is 11.6. The lowest BCUT2D eigenvalue weighted by atomic mass is 10.2. The number of Topliss-reactive ketones (excluding diaryl/α,β-unsaturated/α-hetero) is 1. The van der Waals surface area contributed by atoms with Crippen molar-refractivity contribution in [2.45, 2.75) is 26.3 Å². The third-order valence-corrected chi connectivity index (χ3v) is 2.35. The van der Waals surface area contributed by atoms with Crippen molar-refractivity contribution in [2.24, 2.45) is 0 Å². The molecule has 1 heterocycles. The Kier molecular flexibility index (Phi) is 4.03. The molecule has 1 rings (SSSR count). The summed E-state index contributed by atoms with van der Waals surface area (Å²) in [5.41, 5.74) is 0.563. The number of ketones is 1. The van der Waals surface area contributed by atoms with E-state index < -0.39 is 17.9 Å². The number of carboxylic acid groups (broad SMARTS) is 1. The van der Waals surface area contributed by atoms with E-state index in [4.69, 9.17) is 5.11 Å². The Bertz CT molecular complexity index is 450. The number of rotatable bonds is 5. The van der Waals surface area contributed by atoms with Crippen LogP contribution in [0.15, 0.2) is 12.3 Å². The number of aromatic amines is 1. The zero-order valence-corrected chi connectivity index (χ0v) is 9.61. The lowest BCUT2D eigenvalue weighted by Crippen LogP contribution is -2.40. The Balaban J connectivity index is 2.75. The van der Waals surface area contributed by atoms with Crippen molar-refractivity contribution in [3.63, 3.8) is 0 Å². The Morgan fingerprint density at radius 2 is 2.12 bits per heavy atom. The zero-order valence-electron chi connectivity index (χ0n) is 9.61. The van der Waals surface area contributed by atoms with Gasteiger partial charge in [-0.2, -0.15) is 0 Å². The van der Waals surface area contributed by atoms with Gasteiger partial charge in [0.15, 0.2) is 5.78 Å². The van der Waals surface area contributed by atoms with Crippen molar-refractivity contribution < 1.29 is 19.5 Å². The minimum atomic E-state index is -1.08. The highest BCUT2D eigenvalue weighted by Gasteiger charge is 2.19. The molecule has 0 aliphatic heterocycles. The molecule has 0 unspecified atom stereocenters. The Labute approximate surface area is 98.0 Å². The predicted octanol–water partition coefficient (Wildman–Crippen LogP) is 0.810. The van der Waals surface area contributed by atoms with Crippen molar-refractivity contribution in [1.82, 2.24) is 10.3 Å². The summed E-state index contributed by atoms with van der Waals surface area (Å²) in [4.78, 5) is 36.0. The summed E-state index contributed by atoms with van der Waals surface area (Å²) in [6.07, 6.45) is 1.71. The van der Waals surface area contributed by atoms with Gasteiger partial charge < -0.3 is 15.4 Å². The molecule has 0 radical (unpaired) electrons. The molecule has 3 N–H and O–H groups in total. The standard InChI is InChI=1S/C11H14N2O4/c1-3-8(11(16)17)13-10(15)9-4-7(5-12-9)6(2)14/h4-5,8,12H,3H2,1-2H3,(H,13,15)(H,16,17)/t8-/m1/s1. The van der Waals surface area contributed by atoms with Crippen LogP contribution in [0.25, 0.3) is 0 Å². The summed E-state index contributed by atoms with van der Waals surface area (Å²) in [5, 5.41) is 11.1. The Morgan fingerprint density at radius 3 is 2.53 bits per heavy atom. The summed E-state index contributed by atoms with van der Waals surface area (Å²) < 4.78 is 0. The van der Waals surface area contributed by atoms with E-state index in [0.717, 1.165) is 0 Å². The Morgan fingerprint density at radius 1 is 1.47 bits per heavy atom. The average Bonchev–Trinajstić information content (AvgIpc) is 2.74. The van der Waals surface area contributed by atoms with Gasteiger partial charge in [0.25, 0.3) is 5.91 Å². The number of H-pyrrole nitrogens is 1. The molecule has 0 bridgehead atoms. The van der Waals surface area contributed by atoms with Gasteiger partial charge in [-0.05, 0) is 19.4 Å².